The molecule has 8 nitrogen and oxygen atoms in total. The van der Waals surface area contributed by atoms with Crippen LogP contribution >= 0.6 is 11.3 Å². The quantitative estimate of drug-likeness (QED) is 0.295. The maximum Gasteiger partial charge on any atom is 0.263 e. The maximum absolute atomic E-state index is 14.3. The minimum Gasteiger partial charge on any atom is -0.497 e. The van der Waals surface area contributed by atoms with Gasteiger partial charge in [0.25, 0.3) is 5.91 Å². The first-order chi connectivity index (χ1) is 20.0. The van der Waals surface area contributed by atoms with Crippen molar-refractivity contribution in [2.24, 2.45) is 16.7 Å². The Bertz CT molecular complexity index is 1460. The highest BCUT2D eigenvalue weighted by Gasteiger charge is 2.59. The molecule has 4 N–H and O–H groups in total. The van der Waals surface area contributed by atoms with E-state index in [1.807, 2.05) is 31.2 Å². The monoisotopic (exact) mass is 599 g/mol. The summed E-state index contributed by atoms with van der Waals surface area (Å²) in [6.45, 7) is 4.04. The summed E-state index contributed by atoms with van der Waals surface area (Å²) in [6, 6.07) is 10.6. The van der Waals surface area contributed by atoms with Crippen molar-refractivity contribution in [2.45, 2.75) is 58.1 Å². The Morgan fingerprint density at radius 2 is 1.83 bits per heavy atom. The van der Waals surface area contributed by atoms with Crippen LogP contribution in [-0.4, -0.2) is 46.8 Å². The molecule has 5 atom stereocenters. The summed E-state index contributed by atoms with van der Waals surface area (Å²) >= 11 is 1.19. The standard InChI is InChI=1S/C31H35F2N3O5S/c1-30-12-11-24(38)31(2,16-37)23(30)14-22-27(19(30)13-25(39)34-15-17-7-9-18(41-3)10-8-17)35-29(42-22)36-28(40)26-20(32)5-4-6-21(26)33/h4-10,19,23-24,37-38H,11-16H2,1-3H3,(H,34,39)(H,35,36,40)/t19-,23+,24-,30+,31+/m1/s1. The molecule has 0 saturated heterocycles. The smallest absolute Gasteiger partial charge is 0.263 e. The molecule has 0 spiro atoms. The lowest BCUT2D eigenvalue weighted by molar-refractivity contribution is -0.144. The van der Waals surface area contributed by atoms with E-state index in [4.69, 9.17) is 9.72 Å². The number of carbonyl (C=O) groups excluding carboxylic acids is 2. The number of thiazole rings is 1. The van der Waals surface area contributed by atoms with Gasteiger partial charge in [-0.25, -0.2) is 13.8 Å². The normalized spacial score (nSPS) is 26.6. The summed E-state index contributed by atoms with van der Waals surface area (Å²) in [7, 11) is 1.59. The highest BCUT2D eigenvalue weighted by Crippen LogP contribution is 2.62. The predicted molar refractivity (Wildman–Crippen MR) is 154 cm³/mol. The number of ether oxygens (including phenoxy) is 1. The van der Waals surface area contributed by atoms with Crippen molar-refractivity contribution >= 4 is 28.3 Å². The van der Waals surface area contributed by atoms with E-state index < -0.39 is 40.0 Å². The molecule has 1 saturated carbocycles. The Morgan fingerprint density at radius 1 is 1.14 bits per heavy atom. The number of aliphatic hydroxyl groups excluding tert-OH is 2. The highest BCUT2D eigenvalue weighted by atomic mass is 32.1. The van der Waals surface area contributed by atoms with Gasteiger partial charge in [0.15, 0.2) is 5.13 Å². The fraction of sp³-hybridized carbons (Fsp3) is 0.452. The molecular weight excluding hydrogens is 564 g/mol. The Kier molecular flexibility index (Phi) is 8.37. The number of nitrogens with one attached hydrogen (secondary N) is 2. The summed E-state index contributed by atoms with van der Waals surface area (Å²) in [5.74, 6) is -2.95. The van der Waals surface area contributed by atoms with E-state index in [0.717, 1.165) is 28.3 Å². The molecule has 3 aromatic rings. The van der Waals surface area contributed by atoms with Crippen molar-refractivity contribution in [3.8, 4) is 5.75 Å². The topological polar surface area (TPSA) is 121 Å². The van der Waals surface area contributed by atoms with E-state index in [0.29, 0.717) is 31.5 Å². The van der Waals surface area contributed by atoms with Crippen molar-refractivity contribution < 1.29 is 33.3 Å². The summed E-state index contributed by atoms with van der Waals surface area (Å²) in [4.78, 5) is 31.7. The zero-order valence-corrected chi connectivity index (χ0v) is 24.6. The first-order valence-corrected chi connectivity index (χ1v) is 14.7. The van der Waals surface area contributed by atoms with Crippen LogP contribution in [0.2, 0.25) is 0 Å². The molecule has 0 bridgehead atoms. The Labute approximate surface area is 247 Å². The predicted octanol–water partition coefficient (Wildman–Crippen LogP) is 4.80. The molecule has 0 aliphatic heterocycles. The van der Waals surface area contributed by atoms with Crippen LogP contribution in [0.5, 0.6) is 5.75 Å². The van der Waals surface area contributed by atoms with E-state index >= 15 is 0 Å². The fourth-order valence-electron chi connectivity index (χ4n) is 6.78. The average Bonchev–Trinajstić information content (AvgIpc) is 3.37. The summed E-state index contributed by atoms with van der Waals surface area (Å²) in [5.41, 5.74) is -0.443. The lowest BCUT2D eigenvalue weighted by atomic mass is 9.47. The Hall–Kier alpha value is -3.41. The molecule has 1 heterocycles. The van der Waals surface area contributed by atoms with Gasteiger partial charge >= 0.3 is 0 Å². The average molecular weight is 600 g/mol. The number of carbonyl (C=O) groups is 2. The third-order valence-corrected chi connectivity index (χ3v) is 10.4. The van der Waals surface area contributed by atoms with Crippen LogP contribution < -0.4 is 15.4 Å². The third kappa shape index (κ3) is 5.41. The van der Waals surface area contributed by atoms with Gasteiger partial charge in [-0.15, -0.1) is 11.3 Å². The van der Waals surface area contributed by atoms with E-state index in [9.17, 15) is 28.6 Å². The van der Waals surface area contributed by atoms with Gasteiger partial charge in [-0.05, 0) is 60.4 Å². The Morgan fingerprint density at radius 3 is 2.48 bits per heavy atom. The molecule has 2 aliphatic rings. The molecular formula is C31H35F2N3O5S. The summed E-state index contributed by atoms with van der Waals surface area (Å²) < 4.78 is 33.7. The first kappa shape index (κ1) is 30.1. The van der Waals surface area contributed by atoms with Crippen LogP contribution in [0.3, 0.4) is 0 Å². The lowest BCUT2D eigenvalue weighted by Crippen LogP contribution is -2.57. The van der Waals surface area contributed by atoms with Crippen molar-refractivity contribution in [2.75, 3.05) is 19.0 Å². The molecule has 2 aromatic carbocycles. The van der Waals surface area contributed by atoms with Gasteiger partial charge in [0.1, 0.15) is 22.9 Å². The number of hydrogen-bond acceptors (Lipinski definition) is 7. The lowest BCUT2D eigenvalue weighted by Gasteiger charge is -2.58. The number of nitrogens with zero attached hydrogens (tertiary/aromatic N) is 1. The zero-order chi connectivity index (χ0) is 30.2. The molecule has 1 aromatic heterocycles. The number of halogens is 2. The second-order valence-corrected chi connectivity index (χ2v) is 12.8. The van der Waals surface area contributed by atoms with E-state index in [1.165, 1.54) is 17.4 Å². The number of anilines is 1. The molecule has 0 radical (unpaired) electrons. The number of hydrogen-bond donors (Lipinski definition) is 4. The van der Waals surface area contributed by atoms with Gasteiger partial charge in [0, 0.05) is 29.2 Å². The van der Waals surface area contributed by atoms with Crippen molar-refractivity contribution in [1.82, 2.24) is 10.3 Å². The van der Waals surface area contributed by atoms with Crippen molar-refractivity contribution in [3.05, 3.63) is 75.8 Å². The molecule has 5 rings (SSSR count). The van der Waals surface area contributed by atoms with Gasteiger partial charge in [-0.1, -0.05) is 32.0 Å². The molecule has 11 heteroatoms. The number of rotatable bonds is 8. The number of benzene rings is 2. The number of aromatic nitrogens is 1. The first-order valence-electron chi connectivity index (χ1n) is 13.9. The van der Waals surface area contributed by atoms with Crippen LogP contribution in [0, 0.1) is 28.4 Å². The Balaban J connectivity index is 1.44. The van der Waals surface area contributed by atoms with Gasteiger partial charge in [0.05, 0.1) is 25.5 Å². The zero-order valence-electron chi connectivity index (χ0n) is 23.7. The second-order valence-electron chi connectivity index (χ2n) is 11.7. The minimum absolute atomic E-state index is 0.104. The molecule has 0 unspecified atom stereocenters. The molecule has 1 fully saturated rings. The SMILES string of the molecule is COc1ccc(CNC(=O)C[C@@H]2c3nc(NC(=O)c4c(F)cccc4F)sc3C[C@@H]3[C@](C)(CO)[C@H](O)CC[C@]32C)cc1. The number of methoxy groups -OCH3 is 1. The van der Waals surface area contributed by atoms with Gasteiger partial charge in [0.2, 0.25) is 5.91 Å². The van der Waals surface area contributed by atoms with Crippen LogP contribution in [0.4, 0.5) is 13.9 Å². The van der Waals surface area contributed by atoms with Crippen molar-refractivity contribution in [1.29, 1.82) is 0 Å². The number of fused-ring (bicyclic) bond motifs is 2. The van der Waals surface area contributed by atoms with Crippen LogP contribution in [-0.2, 0) is 17.8 Å². The number of aliphatic hydroxyl groups is 2. The van der Waals surface area contributed by atoms with E-state index in [2.05, 4.69) is 17.6 Å². The van der Waals surface area contributed by atoms with Crippen LogP contribution in [0.15, 0.2) is 42.5 Å². The highest BCUT2D eigenvalue weighted by molar-refractivity contribution is 7.15. The van der Waals surface area contributed by atoms with Gasteiger partial charge in [-0.3, -0.25) is 14.9 Å². The number of amides is 2. The molecule has 224 valence electrons. The molecule has 2 amide bonds. The van der Waals surface area contributed by atoms with Crippen LogP contribution in [0.25, 0.3) is 0 Å². The minimum atomic E-state index is -0.980. The summed E-state index contributed by atoms with van der Waals surface area (Å²) in [5, 5.41) is 27.1. The largest absolute Gasteiger partial charge is 0.497 e. The van der Waals surface area contributed by atoms with Crippen molar-refractivity contribution in [3.63, 3.8) is 0 Å². The molecule has 42 heavy (non-hydrogen) atoms. The van der Waals surface area contributed by atoms with E-state index in [-0.39, 0.29) is 35.9 Å². The fourth-order valence-corrected chi connectivity index (χ4v) is 7.84. The van der Waals surface area contributed by atoms with E-state index in [1.54, 1.807) is 7.11 Å². The van der Waals surface area contributed by atoms with Gasteiger partial charge < -0.3 is 20.3 Å². The van der Waals surface area contributed by atoms with Crippen LogP contribution in [0.1, 0.15) is 65.5 Å². The summed E-state index contributed by atoms with van der Waals surface area (Å²) in [6.07, 6.45) is 0.939. The van der Waals surface area contributed by atoms with Gasteiger partial charge in [-0.2, -0.15) is 0 Å². The maximum atomic E-state index is 14.3. The molecule has 2 aliphatic carbocycles. The second kappa shape index (κ2) is 11.7. The third-order valence-electron chi connectivity index (χ3n) is 9.34.